The molecule has 0 spiro atoms. The van der Waals surface area contributed by atoms with Crippen LogP contribution in [0.2, 0.25) is 0 Å². The van der Waals surface area contributed by atoms with E-state index in [4.69, 9.17) is 9.97 Å². The summed E-state index contributed by atoms with van der Waals surface area (Å²) in [6.07, 6.45) is 12.9. The average Bonchev–Trinajstić information content (AvgIpc) is 3.14. The number of hydrogen-bond donors (Lipinski definition) is 0. The van der Waals surface area contributed by atoms with Crippen LogP contribution in [-0.2, 0) is 0 Å². The first-order valence-corrected chi connectivity index (χ1v) is 17.6. The van der Waals surface area contributed by atoms with Crippen molar-refractivity contribution in [2.75, 3.05) is 0 Å². The molecule has 2 nitrogen and oxygen atoms in total. The Kier molecular flexibility index (Phi) is 7.03. The third-order valence-corrected chi connectivity index (χ3v) is 11.0. The van der Waals surface area contributed by atoms with Crippen molar-refractivity contribution in [2.45, 2.75) is 76.0 Å². The molecule has 0 saturated heterocycles. The van der Waals surface area contributed by atoms with E-state index in [9.17, 15) is 0 Å². The zero-order valence-electron chi connectivity index (χ0n) is 26.5. The predicted octanol–water partition coefficient (Wildman–Crippen LogP) is 12.5. The van der Waals surface area contributed by atoms with Crippen molar-refractivity contribution < 1.29 is 0 Å². The summed E-state index contributed by atoms with van der Waals surface area (Å²) >= 11 is 0. The van der Waals surface area contributed by atoms with Crippen molar-refractivity contribution in [3.05, 3.63) is 121 Å². The second-order valence-electron chi connectivity index (χ2n) is 13.8. The lowest BCUT2D eigenvalue weighted by Crippen LogP contribution is -2.08. The number of aromatic nitrogens is 2. The lowest BCUT2D eigenvalue weighted by Gasteiger charge is -2.23. The van der Waals surface area contributed by atoms with Gasteiger partial charge in [-0.15, -0.1) is 0 Å². The van der Waals surface area contributed by atoms with Gasteiger partial charge in [-0.05, 0) is 93.7 Å². The molecular formula is C44H40N2. The second-order valence-corrected chi connectivity index (χ2v) is 13.8. The van der Waals surface area contributed by atoms with E-state index < -0.39 is 0 Å². The largest absolute Gasteiger partial charge is 0.250 e. The van der Waals surface area contributed by atoms with Crippen molar-refractivity contribution >= 4 is 43.4 Å². The van der Waals surface area contributed by atoms with Gasteiger partial charge in [-0.2, -0.15) is 0 Å². The van der Waals surface area contributed by atoms with E-state index in [1.807, 2.05) is 0 Å². The molecule has 0 N–H and O–H groups in total. The molecule has 5 aromatic carbocycles. The number of rotatable bonds is 4. The van der Waals surface area contributed by atoms with Crippen LogP contribution in [0.4, 0.5) is 0 Å². The van der Waals surface area contributed by atoms with E-state index >= 15 is 0 Å². The molecule has 226 valence electrons. The van der Waals surface area contributed by atoms with Crippen LogP contribution in [-0.4, -0.2) is 9.97 Å². The summed E-state index contributed by atoms with van der Waals surface area (Å²) < 4.78 is 0. The van der Waals surface area contributed by atoms with Gasteiger partial charge < -0.3 is 0 Å². The van der Waals surface area contributed by atoms with Crippen molar-refractivity contribution in [1.82, 2.24) is 9.97 Å². The summed E-state index contributed by atoms with van der Waals surface area (Å²) in [4.78, 5) is 10.9. The Balaban J connectivity index is 1.20. The maximum absolute atomic E-state index is 5.48. The van der Waals surface area contributed by atoms with Crippen molar-refractivity contribution in [3.63, 3.8) is 0 Å². The van der Waals surface area contributed by atoms with Crippen LogP contribution in [0.25, 0.3) is 65.6 Å². The average molecular weight is 597 g/mol. The molecule has 7 aromatic rings. The van der Waals surface area contributed by atoms with Gasteiger partial charge in [0.15, 0.2) is 0 Å². The van der Waals surface area contributed by atoms with Gasteiger partial charge in [0.25, 0.3) is 0 Å². The van der Waals surface area contributed by atoms with Crippen LogP contribution in [0.3, 0.4) is 0 Å². The van der Waals surface area contributed by atoms with E-state index in [0.717, 1.165) is 11.0 Å². The first-order valence-electron chi connectivity index (χ1n) is 17.6. The van der Waals surface area contributed by atoms with Crippen molar-refractivity contribution in [1.29, 1.82) is 0 Å². The molecule has 2 aromatic heterocycles. The molecular weight excluding hydrogens is 556 g/mol. The Hall–Kier alpha value is -4.56. The standard InChI is InChI=1S/C44H40N2/c1-3-11-30(12-4-1)41-25-22-32-20-24-39-40(28-42(31-13-5-2-6-14-31)46-44(39)43(32)45-41)35-16-9-15-33(26-35)34-21-23-38-36(27-34)19-18-29-10-7-8-17-37(29)38/h7-10,15-28,30-31H,1-6,11-14H2. The highest BCUT2D eigenvalue weighted by molar-refractivity contribution is 6.10. The van der Waals surface area contributed by atoms with Crippen LogP contribution in [0.5, 0.6) is 0 Å². The molecule has 0 aliphatic heterocycles. The van der Waals surface area contributed by atoms with Crippen molar-refractivity contribution in [2.24, 2.45) is 0 Å². The molecule has 9 rings (SSSR count). The third-order valence-electron chi connectivity index (χ3n) is 11.0. The fourth-order valence-corrected chi connectivity index (χ4v) is 8.44. The van der Waals surface area contributed by atoms with Gasteiger partial charge >= 0.3 is 0 Å². The minimum absolute atomic E-state index is 0.521. The van der Waals surface area contributed by atoms with Gasteiger partial charge in [-0.1, -0.05) is 123 Å². The van der Waals surface area contributed by atoms with Crippen LogP contribution < -0.4 is 0 Å². The number of fused-ring (bicyclic) bond motifs is 6. The highest BCUT2D eigenvalue weighted by Gasteiger charge is 2.22. The van der Waals surface area contributed by atoms with Crippen LogP contribution >= 0.6 is 0 Å². The predicted molar refractivity (Wildman–Crippen MR) is 195 cm³/mol. The summed E-state index contributed by atoms with van der Waals surface area (Å²) in [6.45, 7) is 0. The van der Waals surface area contributed by atoms with E-state index in [-0.39, 0.29) is 0 Å². The Morgan fingerprint density at radius 1 is 0.391 bits per heavy atom. The maximum atomic E-state index is 5.48. The smallest absolute Gasteiger partial charge is 0.0974 e. The quantitative estimate of drug-likeness (QED) is 0.189. The van der Waals surface area contributed by atoms with Crippen LogP contribution in [0, 0.1) is 0 Å². The van der Waals surface area contributed by atoms with Crippen molar-refractivity contribution in [3.8, 4) is 22.3 Å². The minimum atomic E-state index is 0.521. The SMILES string of the molecule is c1cc(-c2ccc3c(ccc4ccccc43)c2)cc(-c2cc(C3CCCCC3)nc3c2ccc2ccc(C4CCCCC4)nc23)c1. The highest BCUT2D eigenvalue weighted by atomic mass is 14.8. The number of benzene rings is 5. The molecule has 2 aliphatic rings. The first-order chi connectivity index (χ1) is 22.8. The van der Waals surface area contributed by atoms with Gasteiger partial charge in [0, 0.05) is 34.0 Å². The fraction of sp³-hybridized carbons (Fsp3) is 0.273. The number of hydrogen-bond acceptors (Lipinski definition) is 2. The van der Waals surface area contributed by atoms with Crippen LogP contribution in [0.15, 0.2) is 109 Å². The van der Waals surface area contributed by atoms with Gasteiger partial charge in [0.2, 0.25) is 0 Å². The van der Waals surface area contributed by atoms with E-state index in [0.29, 0.717) is 11.8 Å². The summed E-state index contributed by atoms with van der Waals surface area (Å²) in [5.41, 5.74) is 9.71. The molecule has 2 saturated carbocycles. The minimum Gasteiger partial charge on any atom is -0.250 e. The molecule has 2 heteroatoms. The molecule has 0 bridgehead atoms. The van der Waals surface area contributed by atoms with Gasteiger partial charge in [0.1, 0.15) is 0 Å². The molecule has 0 radical (unpaired) electrons. The highest BCUT2D eigenvalue weighted by Crippen LogP contribution is 2.40. The van der Waals surface area contributed by atoms with E-state index in [1.54, 1.807) is 0 Å². The Morgan fingerprint density at radius 3 is 1.87 bits per heavy atom. The molecule has 0 atom stereocenters. The first kappa shape index (κ1) is 27.7. The van der Waals surface area contributed by atoms with Gasteiger partial charge in [0.05, 0.1) is 11.0 Å². The second kappa shape index (κ2) is 11.7. The topological polar surface area (TPSA) is 25.8 Å². The summed E-state index contributed by atoms with van der Waals surface area (Å²) in [7, 11) is 0. The lowest BCUT2D eigenvalue weighted by atomic mass is 9.85. The maximum Gasteiger partial charge on any atom is 0.0974 e. The van der Waals surface area contributed by atoms with Crippen LogP contribution in [0.1, 0.15) is 87.4 Å². The number of nitrogens with zero attached hydrogens (tertiary/aromatic N) is 2. The Morgan fingerprint density at radius 2 is 1.02 bits per heavy atom. The molecule has 0 amide bonds. The molecule has 0 unspecified atom stereocenters. The summed E-state index contributed by atoms with van der Waals surface area (Å²) in [5, 5.41) is 7.59. The van der Waals surface area contributed by atoms with E-state index in [2.05, 4.69) is 109 Å². The third kappa shape index (κ3) is 4.96. The van der Waals surface area contributed by atoms with E-state index in [1.165, 1.54) is 130 Å². The van der Waals surface area contributed by atoms with Gasteiger partial charge in [-0.3, -0.25) is 9.97 Å². The summed E-state index contributed by atoms with van der Waals surface area (Å²) in [5.74, 6) is 1.10. The molecule has 46 heavy (non-hydrogen) atoms. The molecule has 2 heterocycles. The monoisotopic (exact) mass is 596 g/mol. The van der Waals surface area contributed by atoms with Gasteiger partial charge in [-0.25, -0.2) is 0 Å². The number of pyridine rings is 2. The molecule has 2 aliphatic carbocycles. The zero-order valence-corrected chi connectivity index (χ0v) is 26.5. The lowest BCUT2D eigenvalue weighted by molar-refractivity contribution is 0.437. The Bertz CT molecular complexity index is 2230. The zero-order chi connectivity index (χ0) is 30.5. The fourth-order valence-electron chi connectivity index (χ4n) is 8.44. The molecule has 2 fully saturated rings. The summed E-state index contributed by atoms with van der Waals surface area (Å²) in [6, 6.07) is 40.8. The normalized spacial score (nSPS) is 16.5. The Labute approximate surface area is 271 Å².